The number of nitrogens with one attached hydrogen (secondary N) is 1. The van der Waals surface area contributed by atoms with Crippen LogP contribution in [0.3, 0.4) is 0 Å². The summed E-state index contributed by atoms with van der Waals surface area (Å²) in [6.07, 6.45) is 4.70. The number of rotatable bonds is 7. The second-order valence-corrected chi connectivity index (χ2v) is 7.84. The normalized spacial score (nSPS) is 15.2. The molecule has 1 atom stereocenters. The van der Waals surface area contributed by atoms with Crippen LogP contribution in [0.4, 0.5) is 0 Å². The van der Waals surface area contributed by atoms with Crippen molar-refractivity contribution in [3.05, 3.63) is 71.3 Å². The molecule has 0 radical (unpaired) electrons. The summed E-state index contributed by atoms with van der Waals surface area (Å²) in [6.45, 7) is 4.31. The van der Waals surface area contributed by atoms with Gasteiger partial charge in [-0.25, -0.2) is 0 Å². The van der Waals surface area contributed by atoms with Gasteiger partial charge < -0.3 is 10.2 Å². The van der Waals surface area contributed by atoms with E-state index in [9.17, 15) is 9.59 Å². The van der Waals surface area contributed by atoms with Gasteiger partial charge in [-0.1, -0.05) is 73.0 Å². The van der Waals surface area contributed by atoms with E-state index in [0.717, 1.165) is 29.5 Å². The average Bonchev–Trinajstić information content (AvgIpc) is 3.19. The molecule has 3 rings (SSSR count). The fourth-order valence-corrected chi connectivity index (χ4v) is 3.85. The molecule has 0 aliphatic heterocycles. The Balaban J connectivity index is 1.76. The predicted octanol–water partition coefficient (Wildman–Crippen LogP) is 4.01. The van der Waals surface area contributed by atoms with Crippen molar-refractivity contribution in [2.24, 2.45) is 0 Å². The molecular formula is C24H30N2O2. The molecule has 1 aliphatic rings. The van der Waals surface area contributed by atoms with Crippen LogP contribution in [-0.4, -0.2) is 28.8 Å². The third-order valence-corrected chi connectivity index (χ3v) is 5.50. The van der Waals surface area contributed by atoms with Gasteiger partial charge in [-0.05, 0) is 37.8 Å². The first-order valence-electron chi connectivity index (χ1n) is 10.2. The fraction of sp³-hybridized carbons (Fsp3) is 0.417. The van der Waals surface area contributed by atoms with Crippen LogP contribution in [0.2, 0.25) is 0 Å². The van der Waals surface area contributed by atoms with E-state index in [1.165, 1.54) is 12.8 Å². The largest absolute Gasteiger partial charge is 0.352 e. The number of carbonyl (C=O) groups excluding carboxylic acids is 2. The molecule has 0 aromatic heterocycles. The highest BCUT2D eigenvalue weighted by molar-refractivity contribution is 5.88. The molecule has 148 valence electrons. The molecule has 1 fully saturated rings. The summed E-state index contributed by atoms with van der Waals surface area (Å²) >= 11 is 0. The van der Waals surface area contributed by atoms with Crippen molar-refractivity contribution in [2.75, 3.05) is 0 Å². The van der Waals surface area contributed by atoms with Crippen molar-refractivity contribution in [2.45, 2.75) is 64.6 Å². The van der Waals surface area contributed by atoms with E-state index in [0.29, 0.717) is 13.0 Å². The first-order chi connectivity index (χ1) is 13.5. The van der Waals surface area contributed by atoms with Crippen LogP contribution in [0.15, 0.2) is 54.6 Å². The van der Waals surface area contributed by atoms with Gasteiger partial charge in [-0.2, -0.15) is 0 Å². The summed E-state index contributed by atoms with van der Waals surface area (Å²) in [5, 5.41) is 3.14. The van der Waals surface area contributed by atoms with Gasteiger partial charge in [0.25, 0.3) is 0 Å². The number of aryl methyl sites for hydroxylation is 1. The third-order valence-electron chi connectivity index (χ3n) is 5.50. The minimum absolute atomic E-state index is 0.0261. The van der Waals surface area contributed by atoms with Gasteiger partial charge in [-0.3, -0.25) is 9.59 Å². The van der Waals surface area contributed by atoms with Crippen LogP contribution < -0.4 is 5.32 Å². The van der Waals surface area contributed by atoms with Gasteiger partial charge in [0.2, 0.25) is 11.8 Å². The Morgan fingerprint density at radius 2 is 1.71 bits per heavy atom. The lowest BCUT2D eigenvalue weighted by Gasteiger charge is -2.30. The van der Waals surface area contributed by atoms with Crippen molar-refractivity contribution in [3.8, 4) is 0 Å². The van der Waals surface area contributed by atoms with E-state index < -0.39 is 6.04 Å². The Labute approximate surface area is 167 Å². The smallest absolute Gasteiger partial charge is 0.242 e. The summed E-state index contributed by atoms with van der Waals surface area (Å²) in [4.78, 5) is 27.7. The highest BCUT2D eigenvalue weighted by Crippen LogP contribution is 2.19. The molecule has 1 saturated carbocycles. The van der Waals surface area contributed by atoms with E-state index in [2.05, 4.69) is 11.4 Å². The lowest BCUT2D eigenvalue weighted by Crippen LogP contribution is -2.50. The molecule has 1 aliphatic carbocycles. The topological polar surface area (TPSA) is 49.4 Å². The Morgan fingerprint density at radius 3 is 2.39 bits per heavy atom. The molecule has 1 N–H and O–H groups in total. The van der Waals surface area contributed by atoms with Gasteiger partial charge in [0.05, 0.1) is 6.42 Å². The van der Waals surface area contributed by atoms with Crippen LogP contribution in [-0.2, 0) is 22.6 Å². The maximum absolute atomic E-state index is 13.1. The molecule has 2 aromatic carbocycles. The zero-order chi connectivity index (χ0) is 19.9. The molecule has 0 heterocycles. The van der Waals surface area contributed by atoms with Crippen molar-refractivity contribution in [1.82, 2.24) is 10.2 Å². The zero-order valence-electron chi connectivity index (χ0n) is 16.9. The van der Waals surface area contributed by atoms with Crippen LogP contribution in [0.5, 0.6) is 0 Å². The highest BCUT2D eigenvalue weighted by Gasteiger charge is 2.28. The van der Waals surface area contributed by atoms with Crippen molar-refractivity contribution >= 4 is 11.8 Å². The number of amides is 2. The maximum atomic E-state index is 13.1. The Bertz CT molecular complexity index is 797. The van der Waals surface area contributed by atoms with Crippen LogP contribution in [0.1, 0.15) is 49.3 Å². The predicted molar refractivity (Wildman–Crippen MR) is 112 cm³/mol. The Hall–Kier alpha value is -2.62. The van der Waals surface area contributed by atoms with E-state index >= 15 is 0 Å². The molecule has 0 bridgehead atoms. The summed E-state index contributed by atoms with van der Waals surface area (Å²) in [7, 11) is 0. The standard InChI is InChI=1S/C24H30N2O2/c1-18-9-8-12-21(15-18)17-26(23(27)16-20-10-4-3-5-11-20)19(2)24(28)25-22-13-6-7-14-22/h3-5,8-12,15,19,22H,6-7,13-14,16-17H2,1-2H3,(H,25,28). The van der Waals surface area contributed by atoms with Gasteiger partial charge in [0, 0.05) is 12.6 Å². The first kappa shape index (κ1) is 20.1. The molecule has 2 amide bonds. The maximum Gasteiger partial charge on any atom is 0.242 e. The molecule has 4 nitrogen and oxygen atoms in total. The van der Waals surface area contributed by atoms with Gasteiger partial charge in [0.15, 0.2) is 0 Å². The minimum atomic E-state index is -0.502. The summed E-state index contributed by atoms with van der Waals surface area (Å²) in [5.74, 6) is -0.0808. The van der Waals surface area contributed by atoms with Crippen LogP contribution >= 0.6 is 0 Å². The average molecular weight is 379 g/mol. The van der Waals surface area contributed by atoms with E-state index in [1.807, 2.05) is 62.4 Å². The Kier molecular flexibility index (Phi) is 6.85. The molecule has 28 heavy (non-hydrogen) atoms. The molecule has 1 unspecified atom stereocenters. The van der Waals surface area contributed by atoms with Crippen molar-refractivity contribution in [1.29, 1.82) is 0 Å². The summed E-state index contributed by atoms with van der Waals surface area (Å²) in [6, 6.07) is 17.6. The number of hydrogen-bond donors (Lipinski definition) is 1. The summed E-state index contributed by atoms with van der Waals surface area (Å²) < 4.78 is 0. The van der Waals surface area contributed by atoms with Crippen LogP contribution in [0, 0.1) is 6.92 Å². The molecule has 2 aromatic rings. The molecule has 4 heteroatoms. The number of hydrogen-bond acceptors (Lipinski definition) is 2. The van der Waals surface area contributed by atoms with E-state index in [1.54, 1.807) is 4.90 Å². The SMILES string of the molecule is Cc1cccc(CN(C(=O)Cc2ccccc2)C(C)C(=O)NC2CCCC2)c1. The molecular weight excluding hydrogens is 348 g/mol. The zero-order valence-corrected chi connectivity index (χ0v) is 16.9. The lowest BCUT2D eigenvalue weighted by atomic mass is 10.1. The quantitative estimate of drug-likeness (QED) is 0.791. The highest BCUT2D eigenvalue weighted by atomic mass is 16.2. The first-order valence-corrected chi connectivity index (χ1v) is 10.2. The number of benzene rings is 2. The van der Waals surface area contributed by atoms with Crippen molar-refractivity contribution in [3.63, 3.8) is 0 Å². The second kappa shape index (κ2) is 9.54. The fourth-order valence-electron chi connectivity index (χ4n) is 3.85. The lowest BCUT2D eigenvalue weighted by molar-refractivity contribution is -0.140. The number of nitrogens with zero attached hydrogens (tertiary/aromatic N) is 1. The van der Waals surface area contributed by atoms with Gasteiger partial charge in [-0.15, -0.1) is 0 Å². The third kappa shape index (κ3) is 5.44. The van der Waals surface area contributed by atoms with Crippen LogP contribution in [0.25, 0.3) is 0 Å². The molecule has 0 spiro atoms. The van der Waals surface area contributed by atoms with Gasteiger partial charge >= 0.3 is 0 Å². The molecule has 0 saturated heterocycles. The van der Waals surface area contributed by atoms with E-state index in [4.69, 9.17) is 0 Å². The minimum Gasteiger partial charge on any atom is -0.352 e. The summed E-state index contributed by atoms with van der Waals surface area (Å²) in [5.41, 5.74) is 3.16. The number of carbonyl (C=O) groups is 2. The van der Waals surface area contributed by atoms with E-state index in [-0.39, 0.29) is 17.9 Å². The Morgan fingerprint density at radius 1 is 1.04 bits per heavy atom. The van der Waals surface area contributed by atoms with Crippen molar-refractivity contribution < 1.29 is 9.59 Å². The second-order valence-electron chi connectivity index (χ2n) is 7.84. The van der Waals surface area contributed by atoms with Gasteiger partial charge in [0.1, 0.15) is 6.04 Å². The monoisotopic (exact) mass is 378 g/mol.